The van der Waals surface area contributed by atoms with Gasteiger partial charge in [-0.2, -0.15) is 18.2 Å². The fourth-order valence-corrected chi connectivity index (χ4v) is 3.99. The van der Waals surface area contributed by atoms with Gasteiger partial charge in [0.1, 0.15) is 17.5 Å². The number of nitrogens with zero attached hydrogens (tertiary/aromatic N) is 4. The van der Waals surface area contributed by atoms with Crippen LogP contribution in [0.5, 0.6) is 0 Å². The lowest BCUT2D eigenvalue weighted by atomic mass is 10.3. The molecule has 1 aromatic heterocycles. The number of hydrogen-bond acceptors (Lipinski definition) is 6. The van der Waals surface area contributed by atoms with Crippen molar-refractivity contribution < 1.29 is 22.0 Å². The number of alkyl halides is 3. The van der Waals surface area contributed by atoms with E-state index in [9.17, 15) is 22.0 Å². The monoisotopic (exact) mass is 467 g/mol. The molecule has 1 aliphatic heterocycles. The number of aromatic nitrogens is 2. The molecule has 32 heavy (non-hydrogen) atoms. The van der Waals surface area contributed by atoms with Gasteiger partial charge in [0.05, 0.1) is 0 Å². The third kappa shape index (κ3) is 5.65. The van der Waals surface area contributed by atoms with Crippen molar-refractivity contribution in [3.05, 3.63) is 71.9 Å². The zero-order valence-corrected chi connectivity index (χ0v) is 17.4. The fourth-order valence-electron chi connectivity index (χ4n) is 3.09. The molecule has 0 saturated carbocycles. The molecular weight excluding hydrogens is 449 g/mol. The van der Waals surface area contributed by atoms with Gasteiger partial charge in [0.15, 0.2) is 5.69 Å². The topological polar surface area (TPSA) is 44.3 Å². The molecule has 4 rings (SSSR count). The number of hydrogen-bond donors (Lipinski definition) is 1. The summed E-state index contributed by atoms with van der Waals surface area (Å²) in [5.41, 5.74) is -0.653. The first-order chi connectivity index (χ1) is 15.3. The molecule has 1 fully saturated rings. The van der Waals surface area contributed by atoms with Crippen LogP contribution < -0.4 is 10.2 Å². The molecule has 1 N–H and O–H groups in total. The van der Waals surface area contributed by atoms with E-state index in [1.807, 2.05) is 0 Å². The minimum atomic E-state index is -4.64. The molecule has 0 unspecified atom stereocenters. The van der Waals surface area contributed by atoms with Gasteiger partial charge in [0, 0.05) is 42.8 Å². The van der Waals surface area contributed by atoms with Gasteiger partial charge in [0.2, 0.25) is 5.95 Å². The standard InChI is InChI=1S/C21H18F5N5S/c22-14-1-5-16(6-2-14)27-19-13-18(21(24,25)26)28-20(29-19)30-9-11-31(12-10-30)32-17-7-3-15(23)4-8-17/h1-8,13H,9-12H2,(H,27,28,29). The molecule has 0 atom stereocenters. The van der Waals surface area contributed by atoms with Crippen LogP contribution in [-0.2, 0) is 6.18 Å². The first-order valence-corrected chi connectivity index (χ1v) is 10.5. The van der Waals surface area contributed by atoms with Gasteiger partial charge in [0.25, 0.3) is 0 Å². The van der Waals surface area contributed by atoms with E-state index in [2.05, 4.69) is 19.6 Å². The summed E-state index contributed by atoms with van der Waals surface area (Å²) in [7, 11) is 0. The summed E-state index contributed by atoms with van der Waals surface area (Å²) in [6.07, 6.45) is -4.64. The van der Waals surface area contributed by atoms with E-state index in [0.717, 1.165) is 11.0 Å². The van der Waals surface area contributed by atoms with Crippen molar-refractivity contribution in [3.8, 4) is 0 Å². The Bertz CT molecular complexity index is 1050. The molecule has 5 nitrogen and oxygen atoms in total. The van der Waals surface area contributed by atoms with E-state index in [0.29, 0.717) is 31.9 Å². The molecule has 0 radical (unpaired) electrons. The van der Waals surface area contributed by atoms with Gasteiger partial charge in [-0.15, -0.1) is 0 Å². The lowest BCUT2D eigenvalue weighted by Crippen LogP contribution is -2.44. The number of piperazine rings is 1. The first-order valence-electron chi connectivity index (χ1n) is 9.68. The highest BCUT2D eigenvalue weighted by molar-refractivity contribution is 7.97. The van der Waals surface area contributed by atoms with Crippen LogP contribution in [0, 0.1) is 11.6 Å². The number of anilines is 3. The molecular formula is C21H18F5N5S. The quantitative estimate of drug-likeness (QED) is 0.403. The van der Waals surface area contributed by atoms with E-state index in [-0.39, 0.29) is 17.6 Å². The van der Waals surface area contributed by atoms with Crippen molar-refractivity contribution in [3.63, 3.8) is 0 Å². The van der Waals surface area contributed by atoms with Crippen LogP contribution in [0.3, 0.4) is 0 Å². The van der Waals surface area contributed by atoms with E-state index < -0.39 is 17.7 Å². The summed E-state index contributed by atoms with van der Waals surface area (Å²) in [6.45, 7) is 1.96. The average molecular weight is 467 g/mol. The van der Waals surface area contributed by atoms with Crippen LogP contribution in [0.1, 0.15) is 5.69 Å². The molecule has 0 spiro atoms. The van der Waals surface area contributed by atoms with Gasteiger partial charge in [-0.3, -0.25) is 0 Å². The second-order valence-corrected chi connectivity index (χ2v) is 8.20. The number of halogens is 5. The lowest BCUT2D eigenvalue weighted by molar-refractivity contribution is -0.141. The van der Waals surface area contributed by atoms with Crippen molar-refractivity contribution in [2.75, 3.05) is 36.4 Å². The summed E-state index contributed by atoms with van der Waals surface area (Å²) in [4.78, 5) is 10.5. The molecule has 0 aliphatic carbocycles. The van der Waals surface area contributed by atoms with Gasteiger partial charge in [-0.05, 0) is 60.5 Å². The predicted octanol–water partition coefficient (Wildman–Crippen LogP) is 5.35. The van der Waals surface area contributed by atoms with Gasteiger partial charge in [-0.25, -0.2) is 18.1 Å². The van der Waals surface area contributed by atoms with Crippen molar-refractivity contribution in [2.45, 2.75) is 11.1 Å². The second-order valence-electron chi connectivity index (χ2n) is 7.03. The smallest absolute Gasteiger partial charge is 0.340 e. The normalized spacial score (nSPS) is 15.1. The van der Waals surface area contributed by atoms with Crippen molar-refractivity contribution in [1.82, 2.24) is 14.3 Å². The van der Waals surface area contributed by atoms with Crippen LogP contribution in [0.2, 0.25) is 0 Å². The van der Waals surface area contributed by atoms with Crippen LogP contribution in [-0.4, -0.2) is 40.5 Å². The van der Waals surface area contributed by atoms with Crippen LogP contribution in [0.15, 0.2) is 59.5 Å². The number of benzene rings is 2. The molecule has 2 heterocycles. The number of nitrogens with one attached hydrogen (secondary N) is 1. The van der Waals surface area contributed by atoms with Crippen molar-refractivity contribution in [2.24, 2.45) is 0 Å². The van der Waals surface area contributed by atoms with E-state index in [1.54, 1.807) is 17.0 Å². The van der Waals surface area contributed by atoms with Crippen LogP contribution in [0.4, 0.5) is 39.4 Å². The largest absolute Gasteiger partial charge is 0.433 e. The molecule has 168 valence electrons. The van der Waals surface area contributed by atoms with Crippen molar-refractivity contribution >= 4 is 29.4 Å². The highest BCUT2D eigenvalue weighted by Gasteiger charge is 2.34. The summed E-state index contributed by atoms with van der Waals surface area (Å²) in [5.74, 6) is -0.829. The molecule has 0 bridgehead atoms. The maximum absolute atomic E-state index is 13.4. The van der Waals surface area contributed by atoms with E-state index in [1.165, 1.54) is 48.3 Å². The van der Waals surface area contributed by atoms with Crippen LogP contribution >= 0.6 is 11.9 Å². The lowest BCUT2D eigenvalue weighted by Gasteiger charge is -2.34. The third-order valence-corrected chi connectivity index (χ3v) is 5.80. The summed E-state index contributed by atoms with van der Waals surface area (Å²) in [6, 6.07) is 12.2. The Morgan fingerprint density at radius 1 is 0.812 bits per heavy atom. The second kappa shape index (κ2) is 9.29. The molecule has 1 saturated heterocycles. The van der Waals surface area contributed by atoms with Gasteiger partial charge >= 0.3 is 6.18 Å². The predicted molar refractivity (Wildman–Crippen MR) is 113 cm³/mol. The van der Waals surface area contributed by atoms with E-state index >= 15 is 0 Å². The minimum absolute atomic E-state index is 0.0305. The Morgan fingerprint density at radius 2 is 1.41 bits per heavy atom. The zero-order valence-electron chi connectivity index (χ0n) is 16.6. The molecule has 1 aliphatic rings. The highest BCUT2D eigenvalue weighted by atomic mass is 32.2. The molecule has 3 aromatic rings. The highest BCUT2D eigenvalue weighted by Crippen LogP contribution is 2.32. The fraction of sp³-hybridized carbons (Fsp3) is 0.238. The van der Waals surface area contributed by atoms with Crippen molar-refractivity contribution in [1.29, 1.82) is 0 Å². The molecule has 0 amide bonds. The SMILES string of the molecule is Fc1ccc(Nc2cc(C(F)(F)F)nc(N3CCN(Sc4ccc(F)cc4)CC3)n2)cc1. The molecule has 11 heteroatoms. The Hall–Kier alpha value is -2.92. The van der Waals surface area contributed by atoms with Crippen LogP contribution in [0.25, 0.3) is 0 Å². The first kappa shape index (κ1) is 22.3. The number of rotatable bonds is 5. The summed E-state index contributed by atoms with van der Waals surface area (Å²) < 4.78 is 68.5. The Balaban J connectivity index is 1.48. The third-order valence-electron chi connectivity index (χ3n) is 4.69. The summed E-state index contributed by atoms with van der Waals surface area (Å²) >= 11 is 1.46. The maximum atomic E-state index is 13.4. The Morgan fingerprint density at radius 3 is 2.00 bits per heavy atom. The molecule has 2 aromatic carbocycles. The zero-order chi connectivity index (χ0) is 22.7. The Kier molecular flexibility index (Phi) is 6.47. The minimum Gasteiger partial charge on any atom is -0.340 e. The van der Waals surface area contributed by atoms with Gasteiger partial charge < -0.3 is 10.2 Å². The Labute approximate surface area is 185 Å². The average Bonchev–Trinajstić information content (AvgIpc) is 2.77. The van der Waals surface area contributed by atoms with E-state index in [4.69, 9.17) is 0 Å². The summed E-state index contributed by atoms with van der Waals surface area (Å²) in [5, 5.41) is 2.78. The maximum Gasteiger partial charge on any atom is 0.433 e. The van der Waals surface area contributed by atoms with Gasteiger partial charge in [-0.1, -0.05) is 0 Å².